The number of carbonyl (C=O) groups excluding carboxylic acids is 2. The van der Waals surface area contributed by atoms with Crippen LogP contribution in [-0.2, 0) is 9.59 Å². The Morgan fingerprint density at radius 3 is 1.76 bits per heavy atom. The van der Waals surface area contributed by atoms with Crippen molar-refractivity contribution in [3.8, 4) is 17.2 Å². The molecule has 0 spiro atoms. The summed E-state index contributed by atoms with van der Waals surface area (Å²) in [6.07, 6.45) is 2.83. The zero-order valence-electron chi connectivity index (χ0n) is 21.4. The molecule has 38 heavy (non-hydrogen) atoms. The van der Waals surface area contributed by atoms with Crippen LogP contribution in [0.2, 0.25) is 0 Å². The summed E-state index contributed by atoms with van der Waals surface area (Å²) in [5, 5.41) is 12.6. The van der Waals surface area contributed by atoms with Gasteiger partial charge in [-0.25, -0.2) is 0 Å². The second-order valence-electron chi connectivity index (χ2n) is 9.11. The van der Waals surface area contributed by atoms with Crippen molar-refractivity contribution in [3.63, 3.8) is 0 Å². The number of carbonyl (C=O) groups is 2. The van der Waals surface area contributed by atoms with Gasteiger partial charge in [-0.3, -0.25) is 19.7 Å². The smallest absolute Gasteiger partial charge is 0.228 e. The standard InChI is InChI=1S/C30H29NO7/c1-36-22-11-4-19(5-12-22)6-17-26(32)29-27(33)18-25(20-7-13-23(37-2)14-8-20)30(31(34)35)28(29)21-9-15-24(38-3)16-10-21/h4-17,25,28-30H,18H2,1-3H3. The van der Waals surface area contributed by atoms with Gasteiger partial charge in [0.1, 0.15) is 23.0 Å². The topological polar surface area (TPSA) is 105 Å². The Balaban J connectivity index is 1.75. The van der Waals surface area contributed by atoms with E-state index in [1.165, 1.54) is 20.3 Å². The average molecular weight is 516 g/mol. The monoisotopic (exact) mass is 515 g/mol. The lowest BCUT2D eigenvalue weighted by Gasteiger charge is -2.36. The molecule has 1 aliphatic rings. The summed E-state index contributed by atoms with van der Waals surface area (Å²) < 4.78 is 15.6. The van der Waals surface area contributed by atoms with Crippen LogP contribution in [0.1, 0.15) is 34.9 Å². The summed E-state index contributed by atoms with van der Waals surface area (Å²) in [5.41, 5.74) is 1.93. The second kappa shape index (κ2) is 11.7. The number of nitrogens with zero attached hydrogens (tertiary/aromatic N) is 1. The summed E-state index contributed by atoms with van der Waals surface area (Å²) >= 11 is 0. The fourth-order valence-corrected chi connectivity index (χ4v) is 5.10. The molecule has 0 amide bonds. The van der Waals surface area contributed by atoms with E-state index in [2.05, 4.69) is 0 Å². The molecule has 4 rings (SSSR count). The molecule has 3 aromatic rings. The molecule has 1 aliphatic carbocycles. The van der Waals surface area contributed by atoms with Crippen LogP contribution in [0.4, 0.5) is 0 Å². The lowest BCUT2D eigenvalue weighted by molar-refractivity contribution is -0.533. The van der Waals surface area contributed by atoms with Gasteiger partial charge < -0.3 is 14.2 Å². The predicted molar refractivity (Wildman–Crippen MR) is 142 cm³/mol. The molecule has 8 heteroatoms. The number of ether oxygens (including phenoxy) is 3. The SMILES string of the molecule is COc1ccc(C=CC(=O)C2C(=O)CC(c3ccc(OC)cc3)C([N+](=O)[O-])C2c2ccc(OC)cc2)cc1. The average Bonchev–Trinajstić information content (AvgIpc) is 2.95. The molecule has 0 heterocycles. The fraction of sp³-hybridized carbons (Fsp3) is 0.267. The Bertz CT molecular complexity index is 1310. The molecule has 1 fully saturated rings. The van der Waals surface area contributed by atoms with Crippen LogP contribution in [0.3, 0.4) is 0 Å². The van der Waals surface area contributed by atoms with Crippen LogP contribution in [0.5, 0.6) is 17.2 Å². The van der Waals surface area contributed by atoms with E-state index in [9.17, 15) is 19.7 Å². The Kier molecular flexibility index (Phi) is 8.21. The summed E-state index contributed by atoms with van der Waals surface area (Å²) in [6.45, 7) is 0. The van der Waals surface area contributed by atoms with Gasteiger partial charge in [-0.1, -0.05) is 42.5 Å². The molecule has 0 N–H and O–H groups in total. The first-order chi connectivity index (χ1) is 18.4. The van der Waals surface area contributed by atoms with Crippen molar-refractivity contribution in [1.82, 2.24) is 0 Å². The summed E-state index contributed by atoms with van der Waals surface area (Å²) in [7, 11) is 4.62. The van der Waals surface area contributed by atoms with E-state index in [1.807, 2.05) is 0 Å². The molecular formula is C30H29NO7. The van der Waals surface area contributed by atoms with Crippen molar-refractivity contribution in [2.75, 3.05) is 21.3 Å². The van der Waals surface area contributed by atoms with Gasteiger partial charge in [-0.2, -0.15) is 0 Å². The summed E-state index contributed by atoms with van der Waals surface area (Å²) in [5.74, 6) is -1.79. The van der Waals surface area contributed by atoms with Crippen LogP contribution in [0.25, 0.3) is 6.08 Å². The largest absolute Gasteiger partial charge is 0.497 e. The second-order valence-corrected chi connectivity index (χ2v) is 9.11. The first-order valence-corrected chi connectivity index (χ1v) is 12.2. The minimum atomic E-state index is -1.20. The number of Topliss-reactive ketones (excluding diaryl/α,β-unsaturated/α-hetero) is 1. The number of benzene rings is 3. The third-order valence-corrected chi connectivity index (χ3v) is 7.06. The highest BCUT2D eigenvalue weighted by atomic mass is 16.6. The van der Waals surface area contributed by atoms with Gasteiger partial charge in [0.2, 0.25) is 6.04 Å². The van der Waals surface area contributed by atoms with Gasteiger partial charge in [0, 0.05) is 11.3 Å². The molecule has 3 aromatic carbocycles. The zero-order valence-corrected chi connectivity index (χ0v) is 21.4. The highest BCUT2D eigenvalue weighted by Crippen LogP contribution is 2.46. The molecule has 0 bridgehead atoms. The normalized spacial score (nSPS) is 21.2. The molecule has 0 aliphatic heterocycles. The number of rotatable bonds is 9. The Morgan fingerprint density at radius 2 is 1.29 bits per heavy atom. The molecule has 4 atom stereocenters. The van der Waals surface area contributed by atoms with Crippen LogP contribution < -0.4 is 14.2 Å². The number of hydrogen-bond donors (Lipinski definition) is 0. The molecular weight excluding hydrogens is 486 g/mol. The highest BCUT2D eigenvalue weighted by molar-refractivity contribution is 6.10. The van der Waals surface area contributed by atoms with Gasteiger partial charge in [-0.05, 0) is 59.2 Å². The number of methoxy groups -OCH3 is 3. The molecule has 8 nitrogen and oxygen atoms in total. The quantitative estimate of drug-likeness (QED) is 0.169. The maximum atomic E-state index is 13.6. The Labute approximate surface area is 221 Å². The van der Waals surface area contributed by atoms with Crippen LogP contribution in [0, 0.1) is 16.0 Å². The lowest BCUT2D eigenvalue weighted by Crippen LogP contribution is -2.48. The van der Waals surface area contributed by atoms with Gasteiger partial charge in [0.15, 0.2) is 5.78 Å². The van der Waals surface area contributed by atoms with Gasteiger partial charge in [0.05, 0.1) is 39.1 Å². The zero-order chi connectivity index (χ0) is 27.2. The third-order valence-electron chi connectivity index (χ3n) is 7.06. The van der Waals surface area contributed by atoms with E-state index >= 15 is 0 Å². The van der Waals surface area contributed by atoms with Gasteiger partial charge >= 0.3 is 0 Å². The number of allylic oxidation sites excluding steroid dienone is 1. The number of ketones is 2. The maximum Gasteiger partial charge on any atom is 0.228 e. The van der Waals surface area contributed by atoms with E-state index in [0.717, 1.165) is 5.56 Å². The summed E-state index contributed by atoms with van der Waals surface area (Å²) in [6, 6.07) is 19.6. The molecule has 0 aromatic heterocycles. The Hall–Kier alpha value is -4.46. The van der Waals surface area contributed by atoms with Gasteiger partial charge in [-0.15, -0.1) is 0 Å². The fourth-order valence-electron chi connectivity index (χ4n) is 5.10. The van der Waals surface area contributed by atoms with Crippen molar-refractivity contribution in [1.29, 1.82) is 0 Å². The van der Waals surface area contributed by atoms with Crippen molar-refractivity contribution >= 4 is 17.6 Å². The van der Waals surface area contributed by atoms with Crippen molar-refractivity contribution in [2.45, 2.75) is 24.3 Å². The number of nitro groups is 1. The van der Waals surface area contributed by atoms with Crippen LogP contribution in [-0.4, -0.2) is 43.9 Å². The van der Waals surface area contributed by atoms with E-state index in [-0.39, 0.29) is 17.1 Å². The van der Waals surface area contributed by atoms with Crippen molar-refractivity contribution in [2.24, 2.45) is 5.92 Å². The molecule has 4 unspecified atom stereocenters. The van der Waals surface area contributed by atoms with Crippen LogP contribution in [0.15, 0.2) is 78.9 Å². The number of hydrogen-bond acceptors (Lipinski definition) is 7. The third kappa shape index (κ3) is 5.59. The van der Waals surface area contributed by atoms with Crippen molar-refractivity contribution < 1.29 is 28.7 Å². The molecule has 0 saturated heterocycles. The van der Waals surface area contributed by atoms with E-state index in [0.29, 0.717) is 28.4 Å². The van der Waals surface area contributed by atoms with E-state index < -0.39 is 29.6 Å². The first-order valence-electron chi connectivity index (χ1n) is 12.2. The minimum absolute atomic E-state index is 0.114. The van der Waals surface area contributed by atoms with Crippen molar-refractivity contribution in [3.05, 3.63) is 106 Å². The maximum absolute atomic E-state index is 13.6. The highest BCUT2D eigenvalue weighted by Gasteiger charge is 2.53. The Morgan fingerprint density at radius 1 is 0.816 bits per heavy atom. The minimum Gasteiger partial charge on any atom is -0.497 e. The first kappa shape index (κ1) is 26.6. The summed E-state index contributed by atoms with van der Waals surface area (Å²) in [4.78, 5) is 39.3. The van der Waals surface area contributed by atoms with Crippen LogP contribution >= 0.6 is 0 Å². The van der Waals surface area contributed by atoms with E-state index in [4.69, 9.17) is 14.2 Å². The lowest BCUT2D eigenvalue weighted by atomic mass is 9.64. The van der Waals surface area contributed by atoms with E-state index in [1.54, 1.807) is 86.0 Å². The molecule has 1 saturated carbocycles. The van der Waals surface area contributed by atoms with Gasteiger partial charge in [0.25, 0.3) is 0 Å². The molecule has 0 radical (unpaired) electrons. The predicted octanol–water partition coefficient (Wildman–Crippen LogP) is 5.10. The molecule has 196 valence electrons.